The predicted octanol–water partition coefficient (Wildman–Crippen LogP) is 19.0. The smallest absolute Gasteiger partial charge is 0.462 e. The Hall–Kier alpha value is -1.94. The molecule has 510 valence electrons. The van der Waals surface area contributed by atoms with E-state index in [2.05, 4.69) is 34.6 Å². The first kappa shape index (κ1) is 84.1. The molecule has 0 aliphatic carbocycles. The van der Waals surface area contributed by atoms with Crippen LogP contribution in [-0.2, 0) is 65.4 Å². The molecule has 17 nitrogen and oxygen atoms in total. The Morgan fingerprint density at radius 2 is 0.535 bits per heavy atom. The number of rotatable bonds is 67. The van der Waals surface area contributed by atoms with Gasteiger partial charge in [0.15, 0.2) is 12.2 Å². The van der Waals surface area contributed by atoms with Gasteiger partial charge in [0, 0.05) is 25.7 Å². The van der Waals surface area contributed by atoms with E-state index in [1.54, 1.807) is 0 Å². The highest BCUT2D eigenvalue weighted by molar-refractivity contribution is 7.47. The maximum atomic E-state index is 13.0. The average molecular weight is 1270 g/mol. The van der Waals surface area contributed by atoms with Gasteiger partial charge in [0.1, 0.15) is 19.3 Å². The van der Waals surface area contributed by atoms with Gasteiger partial charge in [0.05, 0.1) is 26.4 Å². The fourth-order valence-electron chi connectivity index (χ4n) is 10.1. The topological polar surface area (TPSA) is 237 Å². The van der Waals surface area contributed by atoms with E-state index < -0.39 is 97.5 Å². The summed E-state index contributed by atoms with van der Waals surface area (Å²) in [5.41, 5.74) is 0. The van der Waals surface area contributed by atoms with Crippen LogP contribution in [0.2, 0.25) is 0 Å². The van der Waals surface area contributed by atoms with Crippen molar-refractivity contribution in [2.45, 2.75) is 361 Å². The van der Waals surface area contributed by atoms with E-state index in [1.807, 2.05) is 0 Å². The van der Waals surface area contributed by atoms with E-state index in [0.29, 0.717) is 25.7 Å². The summed E-state index contributed by atoms with van der Waals surface area (Å²) in [6.07, 6.45) is 45.7. The number of aliphatic hydroxyl groups is 1. The molecule has 0 spiro atoms. The standard InChI is InChI=1S/C67H130O17P2/c1-6-9-12-15-18-21-23-25-27-31-36-41-46-51-65(70)78-57-63(84-67(72)53-48-43-38-33-29-28-30-34-39-44-49-60(4)5)59-82-86(75,76)80-55-61(68)54-79-85(73,74)81-58-62(56-77-64(69)50-45-40-35-20-17-14-11-8-3)83-66(71)52-47-42-37-32-26-24-22-19-16-13-10-7-2/h60-63,68H,6-59H2,1-5H3,(H,73,74)(H,75,76)/t61-,62+,63+/m0/s1. The third-order valence-electron chi connectivity index (χ3n) is 15.5. The number of ether oxygens (including phenoxy) is 4. The van der Waals surface area contributed by atoms with Gasteiger partial charge in [-0.2, -0.15) is 0 Å². The number of phosphoric ester groups is 2. The number of aliphatic hydroxyl groups excluding tert-OH is 1. The summed E-state index contributed by atoms with van der Waals surface area (Å²) in [5, 5.41) is 10.6. The molecule has 0 aromatic heterocycles. The van der Waals surface area contributed by atoms with Gasteiger partial charge in [-0.15, -0.1) is 0 Å². The molecule has 5 atom stereocenters. The normalized spacial score (nSPS) is 14.2. The molecule has 2 unspecified atom stereocenters. The largest absolute Gasteiger partial charge is 0.472 e. The number of hydrogen-bond donors (Lipinski definition) is 3. The third-order valence-corrected chi connectivity index (χ3v) is 17.4. The second kappa shape index (κ2) is 60.6. The van der Waals surface area contributed by atoms with Crippen LogP contribution in [0.3, 0.4) is 0 Å². The number of unbranched alkanes of at least 4 members (excludes halogenated alkanes) is 39. The van der Waals surface area contributed by atoms with Crippen molar-refractivity contribution in [2.24, 2.45) is 5.92 Å². The van der Waals surface area contributed by atoms with Crippen LogP contribution in [0.4, 0.5) is 0 Å². The molecule has 0 aromatic rings. The van der Waals surface area contributed by atoms with E-state index >= 15 is 0 Å². The minimum absolute atomic E-state index is 0.106. The second-order valence-electron chi connectivity index (χ2n) is 24.7. The lowest BCUT2D eigenvalue weighted by molar-refractivity contribution is -0.161. The predicted molar refractivity (Wildman–Crippen MR) is 345 cm³/mol. The molecule has 0 aliphatic heterocycles. The van der Waals surface area contributed by atoms with Gasteiger partial charge in [0.2, 0.25) is 0 Å². The Labute approximate surface area is 524 Å². The molecule has 0 radical (unpaired) electrons. The molecular weight excluding hydrogens is 1140 g/mol. The molecule has 0 aromatic carbocycles. The van der Waals surface area contributed by atoms with Crippen LogP contribution in [0.15, 0.2) is 0 Å². The van der Waals surface area contributed by atoms with Crippen LogP contribution in [-0.4, -0.2) is 96.7 Å². The van der Waals surface area contributed by atoms with Gasteiger partial charge in [-0.25, -0.2) is 9.13 Å². The van der Waals surface area contributed by atoms with Crippen molar-refractivity contribution >= 4 is 39.5 Å². The molecule has 0 fully saturated rings. The number of phosphoric acid groups is 2. The lowest BCUT2D eigenvalue weighted by Crippen LogP contribution is -2.30. The Bertz CT molecular complexity index is 1670. The van der Waals surface area contributed by atoms with Crippen molar-refractivity contribution in [3.05, 3.63) is 0 Å². The number of esters is 4. The molecule has 0 saturated heterocycles. The fraction of sp³-hybridized carbons (Fsp3) is 0.940. The van der Waals surface area contributed by atoms with Crippen molar-refractivity contribution in [1.29, 1.82) is 0 Å². The van der Waals surface area contributed by atoms with Crippen LogP contribution in [0.25, 0.3) is 0 Å². The zero-order valence-electron chi connectivity index (χ0n) is 55.4. The lowest BCUT2D eigenvalue weighted by atomic mass is 10.0. The molecule has 3 N–H and O–H groups in total. The van der Waals surface area contributed by atoms with Gasteiger partial charge in [0.25, 0.3) is 0 Å². The van der Waals surface area contributed by atoms with E-state index in [9.17, 15) is 43.2 Å². The first-order valence-electron chi connectivity index (χ1n) is 35.1. The molecule has 0 bridgehead atoms. The molecule has 0 saturated carbocycles. The summed E-state index contributed by atoms with van der Waals surface area (Å²) in [4.78, 5) is 72.3. The summed E-state index contributed by atoms with van der Waals surface area (Å²) in [7, 11) is -9.89. The summed E-state index contributed by atoms with van der Waals surface area (Å²) >= 11 is 0. The van der Waals surface area contributed by atoms with E-state index in [1.165, 1.54) is 161 Å². The van der Waals surface area contributed by atoms with Gasteiger partial charge in [-0.05, 0) is 31.6 Å². The molecule has 19 heteroatoms. The van der Waals surface area contributed by atoms with Crippen molar-refractivity contribution in [1.82, 2.24) is 0 Å². The minimum atomic E-state index is -4.95. The van der Waals surface area contributed by atoms with Crippen molar-refractivity contribution in [3.8, 4) is 0 Å². The highest BCUT2D eigenvalue weighted by Crippen LogP contribution is 2.45. The number of carbonyl (C=O) groups excluding carboxylic acids is 4. The zero-order chi connectivity index (χ0) is 63.5. The van der Waals surface area contributed by atoms with E-state index in [-0.39, 0.29) is 25.7 Å². The molecular formula is C67H130O17P2. The van der Waals surface area contributed by atoms with Crippen LogP contribution in [0.5, 0.6) is 0 Å². The second-order valence-corrected chi connectivity index (χ2v) is 27.6. The maximum absolute atomic E-state index is 13.0. The number of carbonyl (C=O) groups is 4. The molecule has 0 amide bonds. The monoisotopic (exact) mass is 1270 g/mol. The third kappa shape index (κ3) is 60.9. The zero-order valence-corrected chi connectivity index (χ0v) is 57.2. The Balaban J connectivity index is 5.23. The molecule has 0 rings (SSSR count). The SMILES string of the molecule is CCCCCCCCCCCCCCCC(=O)OC[C@H](COP(=O)(O)OC[C@@H](O)COP(=O)(O)OC[C@@H](COC(=O)CCCCCCCCCC)OC(=O)CCCCCCCCCCCCCC)OC(=O)CCCCCCCCCCCCC(C)C. The Morgan fingerprint density at radius 3 is 0.791 bits per heavy atom. The minimum Gasteiger partial charge on any atom is -0.462 e. The van der Waals surface area contributed by atoms with Gasteiger partial charge in [-0.3, -0.25) is 37.3 Å². The summed E-state index contributed by atoms with van der Waals surface area (Å²) in [6.45, 7) is 7.19. The summed E-state index contributed by atoms with van der Waals surface area (Å²) in [5.74, 6) is -1.38. The molecule has 86 heavy (non-hydrogen) atoms. The Morgan fingerprint density at radius 1 is 0.314 bits per heavy atom. The first-order chi connectivity index (χ1) is 41.5. The van der Waals surface area contributed by atoms with Crippen LogP contribution in [0, 0.1) is 5.92 Å². The van der Waals surface area contributed by atoms with Crippen LogP contribution >= 0.6 is 15.6 Å². The fourth-order valence-corrected chi connectivity index (χ4v) is 11.7. The highest BCUT2D eigenvalue weighted by Gasteiger charge is 2.30. The van der Waals surface area contributed by atoms with Crippen LogP contribution < -0.4 is 0 Å². The van der Waals surface area contributed by atoms with Gasteiger partial charge in [-0.1, -0.05) is 291 Å². The number of hydrogen-bond acceptors (Lipinski definition) is 15. The first-order valence-corrected chi connectivity index (χ1v) is 38.1. The van der Waals surface area contributed by atoms with Gasteiger partial charge < -0.3 is 33.8 Å². The van der Waals surface area contributed by atoms with Crippen molar-refractivity contribution in [2.75, 3.05) is 39.6 Å². The van der Waals surface area contributed by atoms with Crippen molar-refractivity contribution < 1.29 is 80.2 Å². The average Bonchev–Trinajstić information content (AvgIpc) is 3.60. The quantitative estimate of drug-likeness (QED) is 0.0222. The summed E-state index contributed by atoms with van der Waals surface area (Å²) in [6, 6.07) is 0. The lowest BCUT2D eigenvalue weighted by Gasteiger charge is -2.21. The summed E-state index contributed by atoms with van der Waals surface area (Å²) < 4.78 is 68.1. The van der Waals surface area contributed by atoms with Gasteiger partial charge >= 0.3 is 39.5 Å². The Kier molecular flexibility index (Phi) is 59.2. The molecule has 0 aliphatic rings. The maximum Gasteiger partial charge on any atom is 0.472 e. The van der Waals surface area contributed by atoms with Crippen molar-refractivity contribution in [3.63, 3.8) is 0 Å². The van der Waals surface area contributed by atoms with Crippen LogP contribution in [0.1, 0.15) is 343 Å². The van der Waals surface area contributed by atoms with E-state index in [0.717, 1.165) is 102 Å². The molecule has 0 heterocycles. The highest BCUT2D eigenvalue weighted by atomic mass is 31.2. The van der Waals surface area contributed by atoms with E-state index in [4.69, 9.17) is 37.0 Å².